The molecule has 0 bridgehead atoms. The van der Waals surface area contributed by atoms with Gasteiger partial charge in [-0.15, -0.1) is 0 Å². The van der Waals surface area contributed by atoms with Gasteiger partial charge in [-0.1, -0.05) is 0 Å². The summed E-state index contributed by atoms with van der Waals surface area (Å²) in [6.07, 6.45) is -0.295. The van der Waals surface area contributed by atoms with E-state index in [-0.39, 0.29) is 6.10 Å². The Labute approximate surface area is 76.8 Å². The third-order valence-corrected chi connectivity index (χ3v) is 2.22. The minimum atomic E-state index is -0.473. The van der Waals surface area contributed by atoms with Gasteiger partial charge in [0.05, 0.1) is 12.7 Å². The fourth-order valence-electron chi connectivity index (χ4n) is 0.844. The minimum absolute atomic E-state index is 0.179. The molecule has 0 spiro atoms. The largest absolute Gasteiger partial charge is 0.386 e. The first-order chi connectivity index (χ1) is 5.70. The van der Waals surface area contributed by atoms with E-state index in [0.29, 0.717) is 6.61 Å². The molecule has 0 aliphatic rings. The van der Waals surface area contributed by atoms with Crippen LogP contribution in [0.2, 0.25) is 0 Å². The second-order valence-electron chi connectivity index (χ2n) is 2.95. The molecule has 0 aromatic carbocycles. The van der Waals surface area contributed by atoms with Crippen molar-refractivity contribution in [1.82, 2.24) is 0 Å². The van der Waals surface area contributed by atoms with Crippen LogP contribution in [0, 0.1) is 0 Å². The molecule has 3 heteroatoms. The van der Waals surface area contributed by atoms with Gasteiger partial charge in [0.2, 0.25) is 0 Å². The summed E-state index contributed by atoms with van der Waals surface area (Å²) in [6, 6.07) is 1.92. The third-order valence-electron chi connectivity index (χ3n) is 1.52. The summed E-state index contributed by atoms with van der Waals surface area (Å²) in [5.41, 5.74) is 0.945. The Hall–Kier alpha value is -0.380. The molecular weight excluding hydrogens is 172 g/mol. The summed E-state index contributed by atoms with van der Waals surface area (Å²) in [6.45, 7) is 4.30. The Kier molecular flexibility index (Phi) is 3.72. The van der Waals surface area contributed by atoms with Crippen LogP contribution in [0.15, 0.2) is 16.8 Å². The predicted molar refractivity (Wildman–Crippen MR) is 50.4 cm³/mol. The van der Waals surface area contributed by atoms with E-state index in [1.807, 2.05) is 30.7 Å². The molecule has 0 radical (unpaired) electrons. The normalized spacial score (nSPS) is 13.7. The van der Waals surface area contributed by atoms with E-state index in [4.69, 9.17) is 4.74 Å². The first-order valence-electron chi connectivity index (χ1n) is 4.02. The zero-order valence-corrected chi connectivity index (χ0v) is 8.17. The van der Waals surface area contributed by atoms with Crippen molar-refractivity contribution < 1.29 is 9.84 Å². The van der Waals surface area contributed by atoms with Crippen molar-refractivity contribution in [2.24, 2.45) is 0 Å². The van der Waals surface area contributed by atoms with Crippen molar-refractivity contribution in [3.63, 3.8) is 0 Å². The second-order valence-corrected chi connectivity index (χ2v) is 3.73. The van der Waals surface area contributed by atoms with E-state index in [0.717, 1.165) is 5.56 Å². The number of aliphatic hydroxyl groups is 1. The number of rotatable bonds is 4. The molecule has 0 fully saturated rings. The van der Waals surface area contributed by atoms with Gasteiger partial charge in [0, 0.05) is 0 Å². The second kappa shape index (κ2) is 4.60. The molecule has 1 aromatic rings. The van der Waals surface area contributed by atoms with Crippen LogP contribution in [0.3, 0.4) is 0 Å². The minimum Gasteiger partial charge on any atom is -0.386 e. The van der Waals surface area contributed by atoms with E-state index in [2.05, 4.69) is 0 Å². The maximum absolute atomic E-state index is 9.54. The lowest BCUT2D eigenvalue weighted by atomic mass is 10.2. The molecule has 0 saturated heterocycles. The average Bonchev–Trinajstić information content (AvgIpc) is 2.51. The fourth-order valence-corrected chi connectivity index (χ4v) is 1.55. The lowest BCUT2D eigenvalue weighted by Gasteiger charge is -2.11. The van der Waals surface area contributed by atoms with E-state index in [9.17, 15) is 5.11 Å². The van der Waals surface area contributed by atoms with E-state index in [1.165, 1.54) is 0 Å². The topological polar surface area (TPSA) is 29.5 Å². The van der Waals surface area contributed by atoms with Crippen molar-refractivity contribution in [2.75, 3.05) is 6.61 Å². The molecule has 12 heavy (non-hydrogen) atoms. The summed E-state index contributed by atoms with van der Waals surface area (Å²) in [4.78, 5) is 0. The molecule has 0 amide bonds. The van der Waals surface area contributed by atoms with E-state index < -0.39 is 6.10 Å². The van der Waals surface area contributed by atoms with Gasteiger partial charge in [0.1, 0.15) is 6.10 Å². The molecule has 0 aliphatic carbocycles. The van der Waals surface area contributed by atoms with Crippen LogP contribution in [0.5, 0.6) is 0 Å². The van der Waals surface area contributed by atoms with Crippen molar-refractivity contribution >= 4 is 11.3 Å². The number of hydrogen-bond donors (Lipinski definition) is 1. The fraction of sp³-hybridized carbons (Fsp3) is 0.556. The van der Waals surface area contributed by atoms with Gasteiger partial charge in [-0.3, -0.25) is 0 Å². The molecule has 1 aromatic heterocycles. The van der Waals surface area contributed by atoms with Crippen molar-refractivity contribution in [3.05, 3.63) is 22.4 Å². The number of aliphatic hydroxyl groups excluding tert-OH is 1. The molecule has 1 rings (SSSR count). The van der Waals surface area contributed by atoms with Crippen LogP contribution < -0.4 is 0 Å². The molecule has 1 atom stereocenters. The van der Waals surface area contributed by atoms with Gasteiger partial charge in [-0.2, -0.15) is 11.3 Å². The van der Waals surface area contributed by atoms with E-state index in [1.54, 1.807) is 11.3 Å². The highest BCUT2D eigenvalue weighted by atomic mass is 32.1. The summed E-state index contributed by atoms with van der Waals surface area (Å²) < 4.78 is 5.28. The Morgan fingerprint density at radius 2 is 2.33 bits per heavy atom. The van der Waals surface area contributed by atoms with Crippen molar-refractivity contribution in [1.29, 1.82) is 0 Å². The van der Waals surface area contributed by atoms with Crippen LogP contribution in [0.25, 0.3) is 0 Å². The van der Waals surface area contributed by atoms with Gasteiger partial charge >= 0.3 is 0 Å². The molecule has 68 valence electrons. The van der Waals surface area contributed by atoms with Crippen LogP contribution in [-0.2, 0) is 4.74 Å². The number of thiophene rings is 1. The smallest absolute Gasteiger partial charge is 0.103 e. The summed E-state index contributed by atoms with van der Waals surface area (Å²) in [5, 5.41) is 13.4. The predicted octanol–water partition coefficient (Wildman–Crippen LogP) is 2.21. The van der Waals surface area contributed by atoms with Crippen LogP contribution >= 0.6 is 11.3 Å². The highest BCUT2D eigenvalue weighted by Crippen LogP contribution is 2.16. The van der Waals surface area contributed by atoms with Gasteiger partial charge in [0.25, 0.3) is 0 Å². The lowest BCUT2D eigenvalue weighted by Crippen LogP contribution is -2.11. The average molecular weight is 186 g/mol. The zero-order chi connectivity index (χ0) is 8.97. The molecule has 0 saturated carbocycles. The first kappa shape index (κ1) is 9.71. The van der Waals surface area contributed by atoms with Crippen LogP contribution in [0.4, 0.5) is 0 Å². The Balaban J connectivity index is 2.34. The quantitative estimate of drug-likeness (QED) is 0.781. The standard InChI is InChI=1S/C9H14O2S/c1-7(2)11-5-9(10)8-3-4-12-6-8/h3-4,6-7,9-10H,5H2,1-2H3. The lowest BCUT2D eigenvalue weighted by molar-refractivity contribution is 0.00509. The molecule has 1 heterocycles. The Morgan fingerprint density at radius 3 is 2.83 bits per heavy atom. The molecular formula is C9H14O2S. The third kappa shape index (κ3) is 2.93. The SMILES string of the molecule is CC(C)OCC(O)c1ccsc1. The van der Waals surface area contributed by atoms with Gasteiger partial charge < -0.3 is 9.84 Å². The maximum Gasteiger partial charge on any atom is 0.103 e. The molecule has 0 aliphatic heterocycles. The monoisotopic (exact) mass is 186 g/mol. The highest BCUT2D eigenvalue weighted by molar-refractivity contribution is 7.07. The van der Waals surface area contributed by atoms with Gasteiger partial charge in [0.15, 0.2) is 0 Å². The van der Waals surface area contributed by atoms with Crippen LogP contribution in [0.1, 0.15) is 25.5 Å². The first-order valence-corrected chi connectivity index (χ1v) is 4.96. The van der Waals surface area contributed by atoms with Gasteiger partial charge in [-0.25, -0.2) is 0 Å². The van der Waals surface area contributed by atoms with Crippen molar-refractivity contribution in [3.8, 4) is 0 Å². The zero-order valence-electron chi connectivity index (χ0n) is 7.36. The molecule has 1 N–H and O–H groups in total. The number of hydrogen-bond acceptors (Lipinski definition) is 3. The summed E-state index contributed by atoms with van der Waals surface area (Å²) >= 11 is 1.59. The maximum atomic E-state index is 9.54. The van der Waals surface area contributed by atoms with E-state index >= 15 is 0 Å². The van der Waals surface area contributed by atoms with Crippen LogP contribution in [-0.4, -0.2) is 17.8 Å². The summed E-state index contributed by atoms with van der Waals surface area (Å²) in [5.74, 6) is 0. The van der Waals surface area contributed by atoms with Gasteiger partial charge in [-0.05, 0) is 36.2 Å². The van der Waals surface area contributed by atoms with Crippen molar-refractivity contribution in [2.45, 2.75) is 26.1 Å². The number of ether oxygens (including phenoxy) is 1. The Bertz CT molecular complexity index is 206. The molecule has 1 unspecified atom stereocenters. The highest BCUT2D eigenvalue weighted by Gasteiger charge is 2.08. The Morgan fingerprint density at radius 1 is 1.58 bits per heavy atom. The molecule has 2 nitrogen and oxygen atoms in total. The summed E-state index contributed by atoms with van der Waals surface area (Å²) in [7, 11) is 0.